The van der Waals surface area contributed by atoms with Gasteiger partial charge >= 0.3 is 0 Å². The molecule has 1 aliphatic carbocycles. The molecular formula is C11H14FNO. The van der Waals surface area contributed by atoms with E-state index in [2.05, 4.69) is 0 Å². The van der Waals surface area contributed by atoms with Gasteiger partial charge < -0.3 is 10.5 Å². The summed E-state index contributed by atoms with van der Waals surface area (Å²) in [6.07, 6.45) is 1.92. The molecule has 0 heterocycles. The van der Waals surface area contributed by atoms with Crippen molar-refractivity contribution in [3.8, 4) is 5.75 Å². The van der Waals surface area contributed by atoms with Crippen molar-refractivity contribution in [1.82, 2.24) is 0 Å². The highest BCUT2D eigenvalue weighted by Gasteiger charge is 2.46. The molecule has 2 rings (SSSR count). The van der Waals surface area contributed by atoms with Gasteiger partial charge in [-0.15, -0.1) is 0 Å². The van der Waals surface area contributed by atoms with Crippen LogP contribution in [0.4, 0.5) is 4.39 Å². The fourth-order valence-electron chi connectivity index (χ4n) is 1.90. The number of benzene rings is 1. The van der Waals surface area contributed by atoms with Gasteiger partial charge in [-0.05, 0) is 25.0 Å². The Bertz CT molecular complexity index is 347. The minimum absolute atomic E-state index is 0.156. The quantitative estimate of drug-likeness (QED) is 0.798. The van der Waals surface area contributed by atoms with Crippen molar-refractivity contribution in [1.29, 1.82) is 0 Å². The standard InChI is InChI=1S/C11H14FNO/c1-14-9-4-2-3-8(12)10(9)11(7-13)5-6-11/h2-4H,5-7,13H2,1H3. The molecule has 3 heteroatoms. The molecule has 0 amide bonds. The van der Waals surface area contributed by atoms with E-state index in [0.717, 1.165) is 12.8 Å². The lowest BCUT2D eigenvalue weighted by Crippen LogP contribution is -2.21. The first-order valence-electron chi connectivity index (χ1n) is 4.76. The summed E-state index contributed by atoms with van der Waals surface area (Å²) in [7, 11) is 1.56. The number of rotatable bonds is 3. The van der Waals surface area contributed by atoms with E-state index in [-0.39, 0.29) is 11.2 Å². The molecule has 2 nitrogen and oxygen atoms in total. The Morgan fingerprint density at radius 3 is 2.71 bits per heavy atom. The Morgan fingerprint density at radius 1 is 1.50 bits per heavy atom. The summed E-state index contributed by atoms with van der Waals surface area (Å²) in [6.45, 7) is 0.490. The second kappa shape index (κ2) is 3.24. The van der Waals surface area contributed by atoms with Crippen LogP contribution in [0.2, 0.25) is 0 Å². The predicted octanol–water partition coefficient (Wildman–Crippen LogP) is 1.82. The van der Waals surface area contributed by atoms with Gasteiger partial charge in [-0.2, -0.15) is 0 Å². The molecule has 1 aliphatic rings. The van der Waals surface area contributed by atoms with Crippen LogP contribution >= 0.6 is 0 Å². The minimum Gasteiger partial charge on any atom is -0.496 e. The summed E-state index contributed by atoms with van der Waals surface area (Å²) in [5, 5.41) is 0. The lowest BCUT2D eigenvalue weighted by Gasteiger charge is -2.17. The van der Waals surface area contributed by atoms with Crippen molar-refractivity contribution in [3.63, 3.8) is 0 Å². The number of hydrogen-bond acceptors (Lipinski definition) is 2. The van der Waals surface area contributed by atoms with Crippen LogP contribution in [0, 0.1) is 5.82 Å². The topological polar surface area (TPSA) is 35.2 Å². The highest BCUT2D eigenvalue weighted by Crippen LogP contribution is 2.51. The zero-order valence-electron chi connectivity index (χ0n) is 8.22. The molecule has 0 radical (unpaired) electrons. The summed E-state index contributed by atoms with van der Waals surface area (Å²) in [4.78, 5) is 0. The summed E-state index contributed by atoms with van der Waals surface area (Å²) in [6, 6.07) is 4.91. The Labute approximate surface area is 82.9 Å². The molecule has 1 aromatic rings. The van der Waals surface area contributed by atoms with Gasteiger partial charge in [-0.3, -0.25) is 0 Å². The lowest BCUT2D eigenvalue weighted by atomic mass is 9.94. The van der Waals surface area contributed by atoms with E-state index in [1.54, 1.807) is 19.2 Å². The van der Waals surface area contributed by atoms with Crippen molar-refractivity contribution in [2.24, 2.45) is 5.73 Å². The Morgan fingerprint density at radius 2 is 2.21 bits per heavy atom. The predicted molar refractivity (Wildman–Crippen MR) is 52.9 cm³/mol. The number of ether oxygens (including phenoxy) is 1. The van der Waals surface area contributed by atoms with Crippen LogP contribution in [0.5, 0.6) is 5.75 Å². The van der Waals surface area contributed by atoms with Gasteiger partial charge in [0.2, 0.25) is 0 Å². The van der Waals surface area contributed by atoms with Crippen LogP contribution in [-0.4, -0.2) is 13.7 Å². The highest BCUT2D eigenvalue weighted by molar-refractivity contribution is 5.44. The van der Waals surface area contributed by atoms with Gasteiger partial charge in [0.1, 0.15) is 11.6 Å². The van der Waals surface area contributed by atoms with Crippen LogP contribution in [-0.2, 0) is 5.41 Å². The SMILES string of the molecule is COc1cccc(F)c1C1(CN)CC1. The maximum atomic E-state index is 13.6. The molecule has 0 spiro atoms. The van der Waals surface area contributed by atoms with Crippen molar-refractivity contribution in [2.75, 3.05) is 13.7 Å². The fraction of sp³-hybridized carbons (Fsp3) is 0.455. The van der Waals surface area contributed by atoms with Gasteiger partial charge in [0, 0.05) is 17.5 Å². The normalized spacial score (nSPS) is 17.9. The van der Waals surface area contributed by atoms with E-state index in [9.17, 15) is 4.39 Å². The Hall–Kier alpha value is -1.09. The van der Waals surface area contributed by atoms with E-state index in [1.165, 1.54) is 6.07 Å². The monoisotopic (exact) mass is 195 g/mol. The number of hydrogen-bond donors (Lipinski definition) is 1. The Kier molecular flexibility index (Phi) is 2.19. The summed E-state index contributed by atoms with van der Waals surface area (Å²) in [5.41, 5.74) is 6.17. The van der Waals surface area contributed by atoms with E-state index in [4.69, 9.17) is 10.5 Å². The average molecular weight is 195 g/mol. The molecule has 0 aliphatic heterocycles. The third-order valence-corrected chi connectivity index (χ3v) is 2.97. The zero-order chi connectivity index (χ0) is 10.2. The van der Waals surface area contributed by atoms with Gasteiger partial charge in [0.05, 0.1) is 7.11 Å². The summed E-state index contributed by atoms with van der Waals surface area (Å²) in [5.74, 6) is 0.417. The zero-order valence-corrected chi connectivity index (χ0v) is 8.22. The highest BCUT2D eigenvalue weighted by atomic mass is 19.1. The second-order valence-corrected chi connectivity index (χ2v) is 3.80. The number of methoxy groups -OCH3 is 1. The number of nitrogens with two attached hydrogens (primary N) is 1. The van der Waals surface area contributed by atoms with Crippen LogP contribution in [0.1, 0.15) is 18.4 Å². The molecule has 2 N–H and O–H groups in total. The third-order valence-electron chi connectivity index (χ3n) is 2.97. The van der Waals surface area contributed by atoms with Crippen LogP contribution in [0.25, 0.3) is 0 Å². The average Bonchev–Trinajstić information content (AvgIpc) is 2.98. The summed E-state index contributed by atoms with van der Waals surface area (Å²) >= 11 is 0. The first-order valence-corrected chi connectivity index (χ1v) is 4.76. The number of halogens is 1. The molecule has 1 saturated carbocycles. The van der Waals surface area contributed by atoms with E-state index in [0.29, 0.717) is 17.9 Å². The van der Waals surface area contributed by atoms with E-state index < -0.39 is 0 Å². The van der Waals surface area contributed by atoms with Crippen molar-refractivity contribution >= 4 is 0 Å². The first-order chi connectivity index (χ1) is 6.73. The molecule has 0 aromatic heterocycles. The van der Waals surface area contributed by atoms with Crippen LogP contribution < -0.4 is 10.5 Å². The molecular weight excluding hydrogens is 181 g/mol. The molecule has 0 atom stereocenters. The molecule has 0 unspecified atom stereocenters. The molecule has 1 aromatic carbocycles. The van der Waals surface area contributed by atoms with E-state index >= 15 is 0 Å². The summed E-state index contributed by atoms with van der Waals surface area (Å²) < 4.78 is 18.8. The molecule has 0 saturated heterocycles. The molecule has 14 heavy (non-hydrogen) atoms. The van der Waals surface area contributed by atoms with Crippen LogP contribution in [0.15, 0.2) is 18.2 Å². The lowest BCUT2D eigenvalue weighted by molar-refractivity contribution is 0.397. The Balaban J connectivity index is 2.50. The fourth-order valence-corrected chi connectivity index (χ4v) is 1.90. The second-order valence-electron chi connectivity index (χ2n) is 3.80. The maximum Gasteiger partial charge on any atom is 0.130 e. The van der Waals surface area contributed by atoms with Crippen molar-refractivity contribution in [2.45, 2.75) is 18.3 Å². The molecule has 76 valence electrons. The molecule has 0 bridgehead atoms. The maximum absolute atomic E-state index is 13.6. The third kappa shape index (κ3) is 1.28. The van der Waals surface area contributed by atoms with Crippen molar-refractivity contribution in [3.05, 3.63) is 29.6 Å². The van der Waals surface area contributed by atoms with Gasteiger partial charge in [-0.25, -0.2) is 4.39 Å². The van der Waals surface area contributed by atoms with Gasteiger partial charge in [0.15, 0.2) is 0 Å². The molecule has 1 fully saturated rings. The van der Waals surface area contributed by atoms with Gasteiger partial charge in [-0.1, -0.05) is 6.07 Å². The van der Waals surface area contributed by atoms with Crippen LogP contribution in [0.3, 0.4) is 0 Å². The first kappa shape index (κ1) is 9.46. The minimum atomic E-state index is -0.202. The van der Waals surface area contributed by atoms with Gasteiger partial charge in [0.25, 0.3) is 0 Å². The smallest absolute Gasteiger partial charge is 0.130 e. The van der Waals surface area contributed by atoms with Crippen molar-refractivity contribution < 1.29 is 9.13 Å². The largest absolute Gasteiger partial charge is 0.496 e. The van der Waals surface area contributed by atoms with E-state index in [1.807, 2.05) is 0 Å².